The maximum absolute atomic E-state index is 12.8. The van der Waals surface area contributed by atoms with Crippen LogP contribution in [0.15, 0.2) is 24.3 Å². The lowest BCUT2D eigenvalue weighted by atomic mass is 9.73. The van der Waals surface area contributed by atoms with E-state index in [1.807, 2.05) is 4.90 Å². The van der Waals surface area contributed by atoms with Crippen molar-refractivity contribution in [1.82, 2.24) is 9.80 Å². The van der Waals surface area contributed by atoms with Gasteiger partial charge in [0.15, 0.2) is 0 Å². The van der Waals surface area contributed by atoms with Crippen LogP contribution in [0.3, 0.4) is 0 Å². The number of nitrogens with zero attached hydrogens (tertiary/aromatic N) is 2. The van der Waals surface area contributed by atoms with Gasteiger partial charge in [-0.2, -0.15) is 0 Å². The van der Waals surface area contributed by atoms with Crippen molar-refractivity contribution >= 4 is 5.91 Å². The van der Waals surface area contributed by atoms with Gasteiger partial charge in [0, 0.05) is 19.5 Å². The van der Waals surface area contributed by atoms with Gasteiger partial charge >= 0.3 is 0 Å². The normalized spacial score (nSPS) is 26.0. The van der Waals surface area contributed by atoms with Gasteiger partial charge in [-0.15, -0.1) is 0 Å². The van der Waals surface area contributed by atoms with E-state index in [1.165, 1.54) is 37.1 Å². The monoisotopic (exact) mass is 342 g/mol. The maximum Gasteiger partial charge on any atom is 0.223 e. The van der Waals surface area contributed by atoms with Gasteiger partial charge in [0.05, 0.1) is 13.2 Å². The molecule has 2 aliphatic heterocycles. The quantitative estimate of drug-likeness (QED) is 0.847. The van der Waals surface area contributed by atoms with E-state index in [1.54, 1.807) is 0 Å². The van der Waals surface area contributed by atoms with Crippen molar-refractivity contribution in [3.8, 4) is 0 Å². The minimum absolute atomic E-state index is 0.304. The first-order valence-corrected chi connectivity index (χ1v) is 9.89. The second-order valence-corrected chi connectivity index (χ2v) is 7.90. The number of hydrogen-bond acceptors (Lipinski definition) is 3. The van der Waals surface area contributed by atoms with E-state index in [4.69, 9.17) is 4.74 Å². The molecule has 0 aromatic heterocycles. The van der Waals surface area contributed by atoms with E-state index in [0.29, 0.717) is 36.9 Å². The highest BCUT2D eigenvalue weighted by atomic mass is 16.5. The van der Waals surface area contributed by atoms with Crippen LogP contribution in [0.1, 0.15) is 49.7 Å². The molecule has 3 aliphatic rings. The van der Waals surface area contributed by atoms with Gasteiger partial charge in [-0.1, -0.05) is 31.2 Å². The second-order valence-electron chi connectivity index (χ2n) is 7.90. The number of rotatable bonds is 3. The molecule has 4 rings (SSSR count). The lowest BCUT2D eigenvalue weighted by Gasteiger charge is -2.40. The number of carbonyl (C=O) groups excluding carboxylic acids is 1. The number of benzene rings is 1. The van der Waals surface area contributed by atoms with Crippen LogP contribution >= 0.6 is 0 Å². The van der Waals surface area contributed by atoms with Crippen LogP contribution in [-0.2, 0) is 14.9 Å². The average Bonchev–Trinajstić information content (AvgIpc) is 2.97. The highest BCUT2D eigenvalue weighted by Gasteiger charge is 2.45. The van der Waals surface area contributed by atoms with Crippen LogP contribution in [0, 0.1) is 0 Å². The molecule has 0 N–H and O–H groups in total. The number of fused-ring (bicyclic) bond motifs is 2. The van der Waals surface area contributed by atoms with Gasteiger partial charge in [0.25, 0.3) is 0 Å². The minimum Gasteiger partial charge on any atom is -0.378 e. The van der Waals surface area contributed by atoms with Crippen molar-refractivity contribution < 1.29 is 9.53 Å². The van der Waals surface area contributed by atoms with Crippen molar-refractivity contribution in [2.24, 2.45) is 0 Å². The summed E-state index contributed by atoms with van der Waals surface area (Å²) >= 11 is 0. The van der Waals surface area contributed by atoms with Crippen molar-refractivity contribution in [3.05, 3.63) is 35.4 Å². The molecule has 1 aromatic carbocycles. The molecular weight excluding hydrogens is 312 g/mol. The topological polar surface area (TPSA) is 32.8 Å². The zero-order valence-corrected chi connectivity index (χ0v) is 15.4. The fourth-order valence-electron chi connectivity index (χ4n) is 5.13. The third-order valence-corrected chi connectivity index (χ3v) is 6.65. The van der Waals surface area contributed by atoms with Gasteiger partial charge in [-0.25, -0.2) is 0 Å². The number of morpholine rings is 1. The Bertz CT molecular complexity index is 616. The molecule has 0 unspecified atom stereocenters. The van der Waals surface area contributed by atoms with E-state index >= 15 is 0 Å². The molecule has 0 bridgehead atoms. The molecule has 4 nitrogen and oxygen atoms in total. The predicted octanol–water partition coefficient (Wildman–Crippen LogP) is 2.78. The molecule has 4 heteroatoms. The van der Waals surface area contributed by atoms with Crippen LogP contribution in [0.2, 0.25) is 0 Å². The van der Waals surface area contributed by atoms with Gasteiger partial charge in [-0.05, 0) is 61.4 Å². The van der Waals surface area contributed by atoms with Crippen LogP contribution in [0.4, 0.5) is 0 Å². The molecule has 136 valence electrons. The Morgan fingerprint density at radius 1 is 1.16 bits per heavy atom. The Hall–Kier alpha value is -1.39. The minimum atomic E-state index is 0.304. The molecule has 2 fully saturated rings. The molecule has 1 amide bonds. The number of piperidine rings is 1. The average molecular weight is 342 g/mol. The lowest BCUT2D eigenvalue weighted by Crippen LogP contribution is -2.42. The van der Waals surface area contributed by atoms with Crippen molar-refractivity contribution in [2.45, 2.75) is 43.9 Å². The molecular formula is C21H30N2O2. The van der Waals surface area contributed by atoms with E-state index in [9.17, 15) is 4.79 Å². The number of amides is 1. The molecule has 0 saturated carbocycles. The molecule has 1 aliphatic carbocycles. The van der Waals surface area contributed by atoms with Crippen molar-refractivity contribution in [2.75, 3.05) is 45.9 Å². The second kappa shape index (κ2) is 7.08. The number of ether oxygens (including phenoxy) is 1. The SMILES string of the molecule is CCN1CCC2(CC1)C[C@@H](CC(=O)N1CCOCC1)c1ccccc12. The van der Waals surface area contributed by atoms with Crippen LogP contribution in [0.5, 0.6) is 0 Å². The highest BCUT2D eigenvalue weighted by molar-refractivity contribution is 5.77. The predicted molar refractivity (Wildman–Crippen MR) is 98.8 cm³/mol. The Kier molecular flexibility index (Phi) is 4.83. The molecule has 1 spiro atoms. The Labute approximate surface area is 151 Å². The smallest absolute Gasteiger partial charge is 0.223 e. The molecule has 25 heavy (non-hydrogen) atoms. The Morgan fingerprint density at radius 2 is 1.88 bits per heavy atom. The first kappa shape index (κ1) is 17.0. The number of hydrogen-bond donors (Lipinski definition) is 0. The van der Waals surface area contributed by atoms with E-state index in [-0.39, 0.29) is 0 Å². The summed E-state index contributed by atoms with van der Waals surface area (Å²) < 4.78 is 5.39. The summed E-state index contributed by atoms with van der Waals surface area (Å²) in [6.45, 7) is 8.66. The fraction of sp³-hybridized carbons (Fsp3) is 0.667. The Morgan fingerprint density at radius 3 is 2.60 bits per heavy atom. The summed E-state index contributed by atoms with van der Waals surface area (Å²) in [6, 6.07) is 8.92. The van der Waals surface area contributed by atoms with E-state index in [0.717, 1.165) is 26.1 Å². The zero-order chi connectivity index (χ0) is 17.3. The fourth-order valence-corrected chi connectivity index (χ4v) is 5.13. The van der Waals surface area contributed by atoms with Crippen molar-refractivity contribution in [1.29, 1.82) is 0 Å². The summed E-state index contributed by atoms with van der Waals surface area (Å²) in [7, 11) is 0. The van der Waals surface area contributed by atoms with Gasteiger partial charge in [-0.3, -0.25) is 4.79 Å². The van der Waals surface area contributed by atoms with Gasteiger partial charge in [0.1, 0.15) is 0 Å². The highest BCUT2D eigenvalue weighted by Crippen LogP contribution is 2.52. The summed E-state index contributed by atoms with van der Waals surface area (Å²) in [6.07, 6.45) is 4.29. The van der Waals surface area contributed by atoms with E-state index < -0.39 is 0 Å². The third-order valence-electron chi connectivity index (χ3n) is 6.65. The number of carbonyl (C=O) groups is 1. The van der Waals surface area contributed by atoms with E-state index in [2.05, 4.69) is 36.1 Å². The molecule has 1 aromatic rings. The molecule has 2 heterocycles. The van der Waals surface area contributed by atoms with Crippen LogP contribution < -0.4 is 0 Å². The lowest BCUT2D eigenvalue weighted by molar-refractivity contribution is -0.135. The molecule has 1 atom stereocenters. The van der Waals surface area contributed by atoms with Gasteiger partial charge in [0.2, 0.25) is 5.91 Å². The summed E-state index contributed by atoms with van der Waals surface area (Å²) in [5, 5.41) is 0. The molecule has 2 saturated heterocycles. The third kappa shape index (κ3) is 3.22. The summed E-state index contributed by atoms with van der Waals surface area (Å²) in [4.78, 5) is 17.3. The van der Waals surface area contributed by atoms with Gasteiger partial charge < -0.3 is 14.5 Å². The zero-order valence-electron chi connectivity index (χ0n) is 15.4. The Balaban J connectivity index is 1.51. The first-order chi connectivity index (χ1) is 12.2. The molecule has 0 radical (unpaired) electrons. The standard InChI is InChI=1S/C21H30N2O2/c1-2-22-9-7-21(8-10-22)16-17(18-5-3-4-6-19(18)21)15-20(24)23-11-13-25-14-12-23/h3-6,17H,2,7-16H2,1H3/t17-/m1/s1. The van der Waals surface area contributed by atoms with Crippen LogP contribution in [-0.4, -0.2) is 61.6 Å². The summed E-state index contributed by atoms with van der Waals surface area (Å²) in [5.74, 6) is 0.700. The van der Waals surface area contributed by atoms with Crippen LogP contribution in [0.25, 0.3) is 0 Å². The first-order valence-electron chi connectivity index (χ1n) is 9.89. The largest absolute Gasteiger partial charge is 0.378 e. The summed E-state index contributed by atoms with van der Waals surface area (Å²) in [5.41, 5.74) is 3.28. The van der Waals surface area contributed by atoms with Crippen molar-refractivity contribution in [3.63, 3.8) is 0 Å². The maximum atomic E-state index is 12.8. The number of likely N-dealkylation sites (tertiary alicyclic amines) is 1.